The summed E-state index contributed by atoms with van der Waals surface area (Å²) in [6, 6.07) is 1.75. The van der Waals surface area contributed by atoms with Crippen LogP contribution < -0.4 is 5.32 Å². The molecule has 1 fully saturated rings. The minimum absolute atomic E-state index is 0.0537. The Kier molecular flexibility index (Phi) is 5.34. The largest absolute Gasteiger partial charge is 0.379 e. The van der Waals surface area contributed by atoms with E-state index in [0.717, 1.165) is 38.5 Å². The fourth-order valence-electron chi connectivity index (χ4n) is 2.21. The van der Waals surface area contributed by atoms with Crippen LogP contribution in [0.1, 0.15) is 23.0 Å². The maximum absolute atomic E-state index is 12.2. The zero-order valence-electron chi connectivity index (χ0n) is 11.9. The van der Waals surface area contributed by atoms with Gasteiger partial charge in [-0.1, -0.05) is 11.6 Å². The van der Waals surface area contributed by atoms with E-state index in [-0.39, 0.29) is 11.9 Å². The maximum Gasteiger partial charge on any atom is 0.254 e. The highest BCUT2D eigenvalue weighted by atomic mass is 35.5. The van der Waals surface area contributed by atoms with Crippen molar-refractivity contribution in [1.29, 1.82) is 0 Å². The number of carbonyl (C=O) groups is 1. The number of nitrogens with zero attached hydrogens (tertiary/aromatic N) is 2. The van der Waals surface area contributed by atoms with Crippen LogP contribution in [0.25, 0.3) is 0 Å². The van der Waals surface area contributed by atoms with Gasteiger partial charge in [-0.3, -0.25) is 14.7 Å². The van der Waals surface area contributed by atoms with Gasteiger partial charge in [-0.15, -0.1) is 0 Å². The smallest absolute Gasteiger partial charge is 0.254 e. The summed E-state index contributed by atoms with van der Waals surface area (Å²) in [6.45, 7) is 7.98. The molecule has 1 amide bonds. The van der Waals surface area contributed by atoms with Crippen LogP contribution in [-0.4, -0.2) is 54.7 Å². The zero-order chi connectivity index (χ0) is 14.5. The molecule has 1 atom stereocenters. The van der Waals surface area contributed by atoms with Crippen molar-refractivity contribution in [1.82, 2.24) is 15.2 Å². The minimum atomic E-state index is -0.178. The van der Waals surface area contributed by atoms with Crippen LogP contribution in [-0.2, 0) is 4.74 Å². The number of nitrogens with one attached hydrogen (secondary N) is 1. The Labute approximate surface area is 124 Å². The van der Waals surface area contributed by atoms with Crippen LogP contribution >= 0.6 is 11.6 Å². The summed E-state index contributed by atoms with van der Waals surface area (Å²) in [4.78, 5) is 18.5. The number of hydrogen-bond acceptors (Lipinski definition) is 4. The predicted octanol–water partition coefficient (Wildman–Crippen LogP) is 1.49. The molecule has 5 nitrogen and oxygen atoms in total. The highest BCUT2D eigenvalue weighted by Gasteiger charge is 2.17. The van der Waals surface area contributed by atoms with Crippen LogP contribution in [0, 0.1) is 6.92 Å². The molecule has 0 aliphatic carbocycles. The van der Waals surface area contributed by atoms with E-state index in [1.54, 1.807) is 6.07 Å². The molecular weight excluding hydrogens is 278 g/mol. The fourth-order valence-corrected chi connectivity index (χ4v) is 2.50. The molecule has 0 saturated carbocycles. The number of ether oxygens (including phenoxy) is 1. The average molecular weight is 298 g/mol. The van der Waals surface area contributed by atoms with Gasteiger partial charge in [0.05, 0.1) is 23.8 Å². The molecule has 1 N–H and O–H groups in total. The number of hydrogen-bond donors (Lipinski definition) is 1. The fraction of sp³-hybridized carbons (Fsp3) is 0.571. The lowest BCUT2D eigenvalue weighted by atomic mass is 10.2. The second-order valence-electron chi connectivity index (χ2n) is 5.09. The van der Waals surface area contributed by atoms with Gasteiger partial charge in [0.2, 0.25) is 0 Å². The van der Waals surface area contributed by atoms with Crippen molar-refractivity contribution >= 4 is 17.5 Å². The third-order valence-electron chi connectivity index (χ3n) is 3.25. The van der Waals surface area contributed by atoms with Crippen molar-refractivity contribution < 1.29 is 9.53 Å². The molecule has 1 aliphatic heterocycles. The van der Waals surface area contributed by atoms with E-state index in [9.17, 15) is 4.79 Å². The first-order valence-corrected chi connectivity index (χ1v) is 7.17. The van der Waals surface area contributed by atoms with Crippen molar-refractivity contribution in [2.24, 2.45) is 0 Å². The van der Waals surface area contributed by atoms with E-state index in [1.807, 2.05) is 13.8 Å². The van der Waals surface area contributed by atoms with Gasteiger partial charge in [-0.2, -0.15) is 0 Å². The quantitative estimate of drug-likeness (QED) is 0.915. The SMILES string of the molecule is Cc1cc(Cl)c(C(=O)NC(C)CN2CCOCC2)cn1. The average Bonchev–Trinajstić information content (AvgIpc) is 2.39. The molecular formula is C14H20ClN3O2. The van der Waals surface area contributed by atoms with Crippen LogP contribution in [0.2, 0.25) is 5.02 Å². The molecule has 1 unspecified atom stereocenters. The summed E-state index contributed by atoms with van der Waals surface area (Å²) in [6.07, 6.45) is 1.52. The number of rotatable bonds is 4. The van der Waals surface area contributed by atoms with Crippen LogP contribution in [0.3, 0.4) is 0 Å². The number of amides is 1. The van der Waals surface area contributed by atoms with E-state index in [4.69, 9.17) is 16.3 Å². The summed E-state index contributed by atoms with van der Waals surface area (Å²) in [5.74, 6) is -0.178. The third kappa shape index (κ3) is 4.16. The molecule has 2 heterocycles. The number of aryl methyl sites for hydroxylation is 1. The number of carbonyl (C=O) groups excluding carboxylic acids is 1. The lowest BCUT2D eigenvalue weighted by Gasteiger charge is -2.29. The number of morpholine rings is 1. The Morgan fingerprint density at radius 2 is 2.25 bits per heavy atom. The van der Waals surface area contributed by atoms with E-state index in [1.165, 1.54) is 6.20 Å². The van der Waals surface area contributed by atoms with Gasteiger partial charge >= 0.3 is 0 Å². The van der Waals surface area contributed by atoms with Crippen molar-refractivity contribution in [2.75, 3.05) is 32.8 Å². The summed E-state index contributed by atoms with van der Waals surface area (Å²) < 4.78 is 5.30. The van der Waals surface area contributed by atoms with Gasteiger partial charge in [-0.25, -0.2) is 0 Å². The molecule has 0 spiro atoms. The third-order valence-corrected chi connectivity index (χ3v) is 3.56. The first kappa shape index (κ1) is 15.2. The Hall–Kier alpha value is -1.17. The Morgan fingerprint density at radius 1 is 1.55 bits per heavy atom. The van der Waals surface area contributed by atoms with Gasteiger partial charge in [-0.05, 0) is 19.9 Å². The molecule has 1 aromatic rings. The van der Waals surface area contributed by atoms with Gasteiger partial charge < -0.3 is 10.1 Å². The Morgan fingerprint density at radius 3 is 2.90 bits per heavy atom. The summed E-state index contributed by atoms with van der Waals surface area (Å²) >= 11 is 6.07. The van der Waals surface area contributed by atoms with E-state index in [0.29, 0.717) is 10.6 Å². The Bertz CT molecular complexity index is 475. The molecule has 6 heteroatoms. The topological polar surface area (TPSA) is 54.5 Å². The van der Waals surface area contributed by atoms with E-state index < -0.39 is 0 Å². The maximum atomic E-state index is 12.2. The zero-order valence-corrected chi connectivity index (χ0v) is 12.6. The highest BCUT2D eigenvalue weighted by Crippen LogP contribution is 2.15. The summed E-state index contributed by atoms with van der Waals surface area (Å²) in [5.41, 5.74) is 1.22. The normalized spacial score (nSPS) is 17.8. The number of pyridine rings is 1. The molecule has 1 aliphatic rings. The van der Waals surface area contributed by atoms with Gasteiger partial charge in [0.15, 0.2) is 0 Å². The predicted molar refractivity (Wildman–Crippen MR) is 78.2 cm³/mol. The number of halogens is 1. The first-order chi connectivity index (χ1) is 9.56. The molecule has 0 aromatic carbocycles. The van der Waals surface area contributed by atoms with Crippen molar-refractivity contribution in [3.8, 4) is 0 Å². The molecule has 110 valence electrons. The van der Waals surface area contributed by atoms with Crippen LogP contribution in [0.4, 0.5) is 0 Å². The summed E-state index contributed by atoms with van der Waals surface area (Å²) in [5, 5.41) is 3.40. The monoisotopic (exact) mass is 297 g/mol. The molecule has 1 aromatic heterocycles. The van der Waals surface area contributed by atoms with E-state index >= 15 is 0 Å². The summed E-state index contributed by atoms with van der Waals surface area (Å²) in [7, 11) is 0. The second-order valence-corrected chi connectivity index (χ2v) is 5.50. The molecule has 0 bridgehead atoms. The van der Waals surface area contributed by atoms with Crippen molar-refractivity contribution in [3.63, 3.8) is 0 Å². The first-order valence-electron chi connectivity index (χ1n) is 6.79. The molecule has 20 heavy (non-hydrogen) atoms. The minimum Gasteiger partial charge on any atom is -0.379 e. The molecule has 1 saturated heterocycles. The lowest BCUT2D eigenvalue weighted by Crippen LogP contribution is -2.46. The lowest BCUT2D eigenvalue weighted by molar-refractivity contribution is 0.0342. The van der Waals surface area contributed by atoms with Gasteiger partial charge in [0.25, 0.3) is 5.91 Å². The standard InChI is InChI=1S/C14H20ClN3O2/c1-10-7-13(15)12(8-16-10)14(19)17-11(2)9-18-3-5-20-6-4-18/h7-8,11H,3-6,9H2,1-2H3,(H,17,19). The second kappa shape index (κ2) is 7.02. The van der Waals surface area contributed by atoms with Crippen LogP contribution in [0.5, 0.6) is 0 Å². The highest BCUT2D eigenvalue weighted by molar-refractivity contribution is 6.33. The van der Waals surface area contributed by atoms with E-state index in [2.05, 4.69) is 15.2 Å². The van der Waals surface area contributed by atoms with Crippen molar-refractivity contribution in [2.45, 2.75) is 19.9 Å². The molecule has 0 radical (unpaired) electrons. The van der Waals surface area contributed by atoms with Crippen molar-refractivity contribution in [3.05, 3.63) is 28.5 Å². The van der Waals surface area contributed by atoms with Gasteiger partial charge in [0.1, 0.15) is 0 Å². The Balaban J connectivity index is 1.89. The number of aromatic nitrogens is 1. The van der Waals surface area contributed by atoms with Gasteiger partial charge in [0, 0.05) is 37.6 Å². The molecule has 2 rings (SSSR count). The van der Waals surface area contributed by atoms with Crippen LogP contribution in [0.15, 0.2) is 12.3 Å².